The van der Waals surface area contributed by atoms with Crippen molar-refractivity contribution in [3.63, 3.8) is 0 Å². The van der Waals surface area contributed by atoms with Gasteiger partial charge in [0.2, 0.25) is 5.89 Å². The number of rotatable bonds is 5. The van der Waals surface area contributed by atoms with Crippen LogP contribution in [-0.4, -0.2) is 40.0 Å². The maximum absolute atomic E-state index is 12.8. The van der Waals surface area contributed by atoms with E-state index in [1.165, 1.54) is 6.92 Å². The molecule has 0 radical (unpaired) electrons. The molecule has 1 saturated carbocycles. The van der Waals surface area contributed by atoms with Crippen molar-refractivity contribution in [1.29, 1.82) is 0 Å². The third kappa shape index (κ3) is 4.35. The predicted molar refractivity (Wildman–Crippen MR) is 96.4 cm³/mol. The third-order valence-corrected chi connectivity index (χ3v) is 5.06. The fraction of sp³-hybridized carbons (Fsp3) is 0.500. The van der Waals surface area contributed by atoms with Gasteiger partial charge in [0.1, 0.15) is 5.75 Å². The predicted octanol–water partition coefficient (Wildman–Crippen LogP) is 2.97. The van der Waals surface area contributed by atoms with Gasteiger partial charge in [-0.3, -0.25) is 9.59 Å². The van der Waals surface area contributed by atoms with E-state index in [1.54, 1.807) is 24.3 Å². The zero-order chi connectivity index (χ0) is 18.8. The molecule has 1 atom stereocenters. The minimum atomic E-state index is -0.376. The molecule has 1 aromatic carbocycles. The first-order valence-corrected chi connectivity index (χ1v) is 9.48. The Morgan fingerprint density at radius 1 is 1.22 bits per heavy atom. The lowest BCUT2D eigenvalue weighted by Crippen LogP contribution is -2.40. The lowest BCUT2D eigenvalue weighted by atomic mass is 9.94. The molecule has 1 aromatic heterocycles. The fourth-order valence-electron chi connectivity index (χ4n) is 3.54. The van der Waals surface area contributed by atoms with Gasteiger partial charge in [-0.15, -0.1) is 0 Å². The van der Waals surface area contributed by atoms with E-state index >= 15 is 0 Å². The number of nitrogens with zero attached hydrogens (tertiary/aromatic N) is 3. The largest absolute Gasteiger partial charge is 0.427 e. The molecule has 1 amide bonds. The molecule has 1 aliphatic heterocycles. The highest BCUT2D eigenvalue weighted by molar-refractivity contribution is 5.94. The molecule has 27 heavy (non-hydrogen) atoms. The molecule has 2 aromatic rings. The first kappa shape index (κ1) is 17.7. The first-order chi connectivity index (χ1) is 13.1. The number of ether oxygens (including phenoxy) is 1. The molecule has 1 saturated heterocycles. The minimum absolute atomic E-state index is 0.00160. The van der Waals surface area contributed by atoms with Crippen LogP contribution in [0.1, 0.15) is 60.6 Å². The highest BCUT2D eigenvalue weighted by Gasteiger charge is 2.30. The molecular weight excluding hydrogens is 346 g/mol. The van der Waals surface area contributed by atoms with Crippen LogP contribution < -0.4 is 4.74 Å². The fourth-order valence-corrected chi connectivity index (χ4v) is 3.54. The Balaban J connectivity index is 1.36. The van der Waals surface area contributed by atoms with Crippen molar-refractivity contribution in [2.24, 2.45) is 5.92 Å². The number of likely N-dealkylation sites (tertiary alicyclic amines) is 1. The van der Waals surface area contributed by atoms with Crippen molar-refractivity contribution >= 4 is 11.9 Å². The maximum Gasteiger partial charge on any atom is 0.308 e. The van der Waals surface area contributed by atoms with Gasteiger partial charge in [-0.05, 0) is 55.9 Å². The van der Waals surface area contributed by atoms with E-state index in [-0.39, 0.29) is 11.9 Å². The quantitative estimate of drug-likeness (QED) is 0.595. The van der Waals surface area contributed by atoms with Gasteiger partial charge in [-0.1, -0.05) is 5.16 Å². The van der Waals surface area contributed by atoms with Crippen molar-refractivity contribution in [3.05, 3.63) is 41.5 Å². The topological polar surface area (TPSA) is 85.5 Å². The Kier molecular flexibility index (Phi) is 4.92. The number of piperidine rings is 1. The summed E-state index contributed by atoms with van der Waals surface area (Å²) in [4.78, 5) is 30.2. The molecular formula is C20H23N3O4. The first-order valence-electron chi connectivity index (χ1n) is 9.48. The smallest absolute Gasteiger partial charge is 0.308 e. The van der Waals surface area contributed by atoms with Gasteiger partial charge in [0, 0.05) is 37.9 Å². The number of hydrogen-bond donors (Lipinski definition) is 0. The van der Waals surface area contributed by atoms with Crippen molar-refractivity contribution in [3.8, 4) is 5.75 Å². The van der Waals surface area contributed by atoms with Gasteiger partial charge < -0.3 is 14.2 Å². The van der Waals surface area contributed by atoms with E-state index in [0.717, 1.165) is 44.5 Å². The zero-order valence-corrected chi connectivity index (χ0v) is 15.4. The summed E-state index contributed by atoms with van der Waals surface area (Å²) in [5.41, 5.74) is 0.598. The van der Waals surface area contributed by atoms with Crippen molar-refractivity contribution in [2.45, 2.75) is 44.9 Å². The van der Waals surface area contributed by atoms with Crippen LogP contribution in [0.3, 0.4) is 0 Å². The second-order valence-electron chi connectivity index (χ2n) is 7.40. The van der Waals surface area contributed by atoms with E-state index in [1.807, 2.05) is 4.90 Å². The molecule has 7 heteroatoms. The van der Waals surface area contributed by atoms with E-state index in [2.05, 4.69) is 10.1 Å². The number of benzene rings is 1. The Hall–Kier alpha value is -2.70. The second kappa shape index (κ2) is 7.50. The van der Waals surface area contributed by atoms with Crippen molar-refractivity contribution in [1.82, 2.24) is 15.0 Å². The molecule has 2 heterocycles. The van der Waals surface area contributed by atoms with Crippen LogP contribution in [-0.2, 0) is 11.2 Å². The summed E-state index contributed by atoms with van der Waals surface area (Å²) in [6, 6.07) is 6.69. The van der Waals surface area contributed by atoms with E-state index < -0.39 is 0 Å². The molecule has 2 aliphatic rings. The van der Waals surface area contributed by atoms with Gasteiger partial charge in [0.25, 0.3) is 5.91 Å². The van der Waals surface area contributed by atoms with Crippen LogP contribution >= 0.6 is 0 Å². The highest BCUT2D eigenvalue weighted by atomic mass is 16.5. The third-order valence-electron chi connectivity index (χ3n) is 5.06. The lowest BCUT2D eigenvalue weighted by molar-refractivity contribution is -0.131. The van der Waals surface area contributed by atoms with Crippen LogP contribution in [0.2, 0.25) is 0 Å². The Morgan fingerprint density at radius 2 is 2.00 bits per heavy atom. The Morgan fingerprint density at radius 3 is 2.70 bits per heavy atom. The number of carbonyl (C=O) groups excluding carboxylic acids is 2. The lowest BCUT2D eigenvalue weighted by Gasteiger charge is -2.32. The molecule has 1 unspecified atom stereocenters. The SMILES string of the molecule is CC(=O)Oc1ccc(C(=O)N2CCCC(Cc3nc(C4CC4)no3)C2)cc1. The van der Waals surface area contributed by atoms with Gasteiger partial charge in [0.15, 0.2) is 5.82 Å². The second-order valence-corrected chi connectivity index (χ2v) is 7.40. The van der Waals surface area contributed by atoms with E-state index in [4.69, 9.17) is 9.26 Å². The standard InChI is InChI=1S/C20H23N3O4/c1-13(24)26-17-8-6-16(7-9-17)20(25)23-10-2-3-14(12-23)11-18-21-19(22-27-18)15-4-5-15/h6-9,14-15H,2-5,10-12H2,1H3. The Bertz CT molecular complexity index is 826. The summed E-state index contributed by atoms with van der Waals surface area (Å²) in [5.74, 6) is 2.40. The van der Waals surface area contributed by atoms with Crippen LogP contribution in [0.15, 0.2) is 28.8 Å². The summed E-state index contributed by atoms with van der Waals surface area (Å²) in [5, 5.41) is 4.07. The summed E-state index contributed by atoms with van der Waals surface area (Å²) in [7, 11) is 0. The zero-order valence-electron chi connectivity index (χ0n) is 15.4. The summed E-state index contributed by atoms with van der Waals surface area (Å²) >= 11 is 0. The molecule has 142 valence electrons. The van der Waals surface area contributed by atoms with E-state index in [0.29, 0.717) is 35.6 Å². The van der Waals surface area contributed by atoms with Crippen LogP contribution in [0.5, 0.6) is 5.75 Å². The highest BCUT2D eigenvalue weighted by Crippen LogP contribution is 2.38. The number of esters is 1. The molecule has 4 rings (SSSR count). The summed E-state index contributed by atoms with van der Waals surface area (Å²) in [6.45, 7) is 2.79. The molecule has 7 nitrogen and oxygen atoms in total. The Labute approximate surface area is 157 Å². The van der Waals surface area contributed by atoms with Crippen molar-refractivity contribution < 1.29 is 18.8 Å². The average Bonchev–Trinajstić information content (AvgIpc) is 3.41. The van der Waals surface area contributed by atoms with Crippen LogP contribution in [0.4, 0.5) is 0 Å². The van der Waals surface area contributed by atoms with Crippen LogP contribution in [0.25, 0.3) is 0 Å². The van der Waals surface area contributed by atoms with Gasteiger partial charge >= 0.3 is 5.97 Å². The summed E-state index contributed by atoms with van der Waals surface area (Å²) < 4.78 is 10.4. The van der Waals surface area contributed by atoms with Gasteiger partial charge in [-0.25, -0.2) is 0 Å². The summed E-state index contributed by atoms with van der Waals surface area (Å²) in [6.07, 6.45) is 5.04. The van der Waals surface area contributed by atoms with Crippen LogP contribution in [0, 0.1) is 5.92 Å². The average molecular weight is 369 g/mol. The van der Waals surface area contributed by atoms with Gasteiger partial charge in [0.05, 0.1) is 0 Å². The molecule has 0 spiro atoms. The number of amides is 1. The number of hydrogen-bond acceptors (Lipinski definition) is 6. The number of aromatic nitrogens is 2. The molecule has 0 N–H and O–H groups in total. The van der Waals surface area contributed by atoms with Gasteiger partial charge in [-0.2, -0.15) is 4.98 Å². The molecule has 0 bridgehead atoms. The minimum Gasteiger partial charge on any atom is -0.427 e. The molecule has 2 fully saturated rings. The normalized spacial score (nSPS) is 19.7. The van der Waals surface area contributed by atoms with E-state index in [9.17, 15) is 9.59 Å². The van der Waals surface area contributed by atoms with Crippen molar-refractivity contribution in [2.75, 3.05) is 13.1 Å². The maximum atomic E-state index is 12.8. The molecule has 1 aliphatic carbocycles. The number of carbonyl (C=O) groups is 2. The monoisotopic (exact) mass is 369 g/mol.